The minimum Gasteiger partial charge on any atom is -0.493 e. The standard InChI is InChI=1S/C18H23N3O2/c1-14-7-2-3-10-17(14)23-12-5-4-11-21-18(15-8-6-9-15)16(13-22)19-20-21/h2-3,7,10,13,15H,4-6,8-9,11-12H2,1H3. The summed E-state index contributed by atoms with van der Waals surface area (Å²) in [6.45, 7) is 3.54. The van der Waals surface area contributed by atoms with Gasteiger partial charge in [0.1, 0.15) is 11.4 Å². The summed E-state index contributed by atoms with van der Waals surface area (Å²) in [6.07, 6.45) is 6.27. The third-order valence-corrected chi connectivity index (χ3v) is 4.52. The highest BCUT2D eigenvalue weighted by molar-refractivity contribution is 5.73. The molecular formula is C18H23N3O2. The molecule has 0 bridgehead atoms. The van der Waals surface area contributed by atoms with Gasteiger partial charge in [0, 0.05) is 12.5 Å². The van der Waals surface area contributed by atoms with Crippen molar-refractivity contribution in [3.8, 4) is 5.75 Å². The van der Waals surface area contributed by atoms with Crippen molar-refractivity contribution >= 4 is 6.29 Å². The highest BCUT2D eigenvalue weighted by atomic mass is 16.5. The Hall–Kier alpha value is -2.17. The first-order valence-corrected chi connectivity index (χ1v) is 8.36. The Morgan fingerprint density at radius 3 is 2.83 bits per heavy atom. The first-order chi connectivity index (χ1) is 11.3. The summed E-state index contributed by atoms with van der Waals surface area (Å²) < 4.78 is 7.73. The Morgan fingerprint density at radius 2 is 2.13 bits per heavy atom. The lowest BCUT2D eigenvalue weighted by Gasteiger charge is -2.26. The number of aromatic nitrogens is 3. The molecule has 1 saturated carbocycles. The van der Waals surface area contributed by atoms with Gasteiger partial charge >= 0.3 is 0 Å². The van der Waals surface area contributed by atoms with Crippen LogP contribution in [-0.2, 0) is 6.54 Å². The topological polar surface area (TPSA) is 57.0 Å². The molecule has 1 aromatic heterocycles. The van der Waals surface area contributed by atoms with Crippen LogP contribution in [0.3, 0.4) is 0 Å². The summed E-state index contributed by atoms with van der Waals surface area (Å²) in [5.74, 6) is 1.42. The van der Waals surface area contributed by atoms with Gasteiger partial charge in [-0.05, 0) is 44.2 Å². The van der Waals surface area contributed by atoms with Crippen LogP contribution in [0, 0.1) is 6.92 Å². The number of hydrogen-bond donors (Lipinski definition) is 0. The van der Waals surface area contributed by atoms with Crippen molar-refractivity contribution in [2.45, 2.75) is 51.5 Å². The van der Waals surface area contributed by atoms with Crippen LogP contribution in [0.5, 0.6) is 5.75 Å². The molecule has 0 spiro atoms. The highest BCUT2D eigenvalue weighted by Crippen LogP contribution is 2.37. The van der Waals surface area contributed by atoms with Crippen LogP contribution in [0.2, 0.25) is 0 Å². The molecule has 0 N–H and O–H groups in total. The number of benzene rings is 1. The van der Waals surface area contributed by atoms with Crippen molar-refractivity contribution in [3.05, 3.63) is 41.2 Å². The van der Waals surface area contributed by atoms with E-state index in [0.717, 1.165) is 55.5 Å². The number of unbranched alkanes of at least 4 members (excludes halogenated alkanes) is 1. The average Bonchev–Trinajstić information content (AvgIpc) is 2.90. The number of hydrogen-bond acceptors (Lipinski definition) is 4. The van der Waals surface area contributed by atoms with E-state index in [1.165, 1.54) is 6.42 Å². The van der Waals surface area contributed by atoms with Gasteiger partial charge in [-0.25, -0.2) is 4.68 Å². The number of para-hydroxylation sites is 1. The largest absolute Gasteiger partial charge is 0.493 e. The van der Waals surface area contributed by atoms with Crippen molar-refractivity contribution in [3.63, 3.8) is 0 Å². The van der Waals surface area contributed by atoms with Gasteiger partial charge in [-0.2, -0.15) is 0 Å². The second kappa shape index (κ2) is 7.40. The second-order valence-corrected chi connectivity index (χ2v) is 6.15. The van der Waals surface area contributed by atoms with Crippen LogP contribution in [0.4, 0.5) is 0 Å². The molecule has 1 aliphatic rings. The van der Waals surface area contributed by atoms with Crippen LogP contribution in [-0.4, -0.2) is 27.9 Å². The quantitative estimate of drug-likeness (QED) is 0.552. The lowest BCUT2D eigenvalue weighted by atomic mass is 9.82. The number of ether oxygens (including phenoxy) is 1. The van der Waals surface area contributed by atoms with Gasteiger partial charge in [-0.15, -0.1) is 5.10 Å². The number of rotatable bonds is 8. The minimum atomic E-state index is 0.466. The molecule has 122 valence electrons. The van der Waals surface area contributed by atoms with E-state index in [1.54, 1.807) is 0 Å². The van der Waals surface area contributed by atoms with Crippen molar-refractivity contribution in [1.82, 2.24) is 15.0 Å². The Labute approximate surface area is 136 Å². The van der Waals surface area contributed by atoms with Gasteiger partial charge in [0.25, 0.3) is 0 Å². The van der Waals surface area contributed by atoms with Gasteiger partial charge in [-0.1, -0.05) is 29.8 Å². The fourth-order valence-electron chi connectivity index (χ4n) is 2.95. The molecule has 5 heteroatoms. The molecule has 0 amide bonds. The molecule has 0 radical (unpaired) electrons. The van der Waals surface area contributed by atoms with Crippen molar-refractivity contribution in [2.75, 3.05) is 6.61 Å². The second-order valence-electron chi connectivity index (χ2n) is 6.15. The molecule has 3 rings (SSSR count). The monoisotopic (exact) mass is 313 g/mol. The average molecular weight is 313 g/mol. The summed E-state index contributed by atoms with van der Waals surface area (Å²) in [6, 6.07) is 8.05. The first-order valence-electron chi connectivity index (χ1n) is 8.36. The Kier molecular flexibility index (Phi) is 5.05. The number of carbonyl (C=O) groups is 1. The molecule has 1 aliphatic carbocycles. The van der Waals surface area contributed by atoms with E-state index >= 15 is 0 Å². The summed E-state index contributed by atoms with van der Waals surface area (Å²) in [5.41, 5.74) is 2.71. The van der Waals surface area contributed by atoms with Crippen molar-refractivity contribution in [2.24, 2.45) is 0 Å². The molecule has 2 aromatic rings. The van der Waals surface area contributed by atoms with E-state index in [4.69, 9.17) is 4.74 Å². The molecule has 23 heavy (non-hydrogen) atoms. The van der Waals surface area contributed by atoms with E-state index < -0.39 is 0 Å². The van der Waals surface area contributed by atoms with Crippen LogP contribution in [0.1, 0.15) is 59.8 Å². The van der Waals surface area contributed by atoms with E-state index in [-0.39, 0.29) is 0 Å². The molecule has 0 saturated heterocycles. The molecule has 1 heterocycles. The van der Waals surface area contributed by atoms with E-state index in [0.29, 0.717) is 18.2 Å². The Balaban J connectivity index is 1.48. The maximum Gasteiger partial charge on any atom is 0.172 e. The molecule has 0 unspecified atom stereocenters. The smallest absolute Gasteiger partial charge is 0.172 e. The fraction of sp³-hybridized carbons (Fsp3) is 0.500. The van der Waals surface area contributed by atoms with E-state index in [1.807, 2.05) is 22.9 Å². The molecule has 5 nitrogen and oxygen atoms in total. The third kappa shape index (κ3) is 3.60. The number of aldehydes is 1. The third-order valence-electron chi connectivity index (χ3n) is 4.52. The lowest BCUT2D eigenvalue weighted by Crippen LogP contribution is -2.17. The SMILES string of the molecule is Cc1ccccc1OCCCCn1nnc(C=O)c1C1CCC1. The van der Waals surface area contributed by atoms with Gasteiger partial charge in [0.15, 0.2) is 6.29 Å². The summed E-state index contributed by atoms with van der Waals surface area (Å²) in [5, 5.41) is 8.16. The van der Waals surface area contributed by atoms with Crippen LogP contribution < -0.4 is 4.74 Å². The number of aryl methyl sites for hydroxylation is 2. The van der Waals surface area contributed by atoms with Gasteiger partial charge < -0.3 is 4.74 Å². The predicted molar refractivity (Wildman–Crippen MR) is 87.9 cm³/mol. The minimum absolute atomic E-state index is 0.466. The van der Waals surface area contributed by atoms with Crippen LogP contribution in [0.15, 0.2) is 24.3 Å². The van der Waals surface area contributed by atoms with Gasteiger partial charge in [0.05, 0.1) is 12.3 Å². The Morgan fingerprint density at radius 1 is 1.30 bits per heavy atom. The number of nitrogens with zero attached hydrogens (tertiary/aromatic N) is 3. The Bertz CT molecular complexity index is 662. The zero-order valence-electron chi connectivity index (χ0n) is 13.6. The molecule has 1 fully saturated rings. The maximum atomic E-state index is 11.1. The van der Waals surface area contributed by atoms with Crippen LogP contribution in [0.25, 0.3) is 0 Å². The number of carbonyl (C=O) groups excluding carboxylic acids is 1. The van der Waals surface area contributed by atoms with Crippen molar-refractivity contribution < 1.29 is 9.53 Å². The zero-order chi connectivity index (χ0) is 16.1. The first kappa shape index (κ1) is 15.7. The zero-order valence-corrected chi connectivity index (χ0v) is 13.6. The molecule has 0 aliphatic heterocycles. The molecule has 0 atom stereocenters. The van der Waals surface area contributed by atoms with Gasteiger partial charge in [-0.3, -0.25) is 4.79 Å². The molecule has 1 aromatic carbocycles. The normalized spacial score (nSPS) is 14.5. The lowest BCUT2D eigenvalue weighted by molar-refractivity contribution is 0.111. The van der Waals surface area contributed by atoms with E-state index in [2.05, 4.69) is 23.3 Å². The summed E-state index contributed by atoms with van der Waals surface area (Å²) in [7, 11) is 0. The summed E-state index contributed by atoms with van der Waals surface area (Å²) >= 11 is 0. The summed E-state index contributed by atoms with van der Waals surface area (Å²) in [4.78, 5) is 11.1. The van der Waals surface area contributed by atoms with Crippen molar-refractivity contribution in [1.29, 1.82) is 0 Å². The highest BCUT2D eigenvalue weighted by Gasteiger charge is 2.27. The van der Waals surface area contributed by atoms with E-state index in [9.17, 15) is 4.79 Å². The van der Waals surface area contributed by atoms with Gasteiger partial charge in [0.2, 0.25) is 0 Å². The predicted octanol–water partition coefficient (Wildman–Crippen LogP) is 3.53. The van der Waals surface area contributed by atoms with Crippen LogP contribution >= 0.6 is 0 Å². The fourth-order valence-corrected chi connectivity index (χ4v) is 2.95. The maximum absolute atomic E-state index is 11.1. The molecular weight excluding hydrogens is 290 g/mol.